The summed E-state index contributed by atoms with van der Waals surface area (Å²) in [4.78, 5) is 27.8. The van der Waals surface area contributed by atoms with Crippen molar-refractivity contribution in [3.05, 3.63) is 52.5 Å². The number of amides is 1. The lowest BCUT2D eigenvalue weighted by atomic mass is 10.2. The van der Waals surface area contributed by atoms with E-state index >= 15 is 0 Å². The van der Waals surface area contributed by atoms with Gasteiger partial charge in [-0.1, -0.05) is 22.9 Å². The number of carbonyl (C=O) groups is 2. The largest absolute Gasteiger partial charge is 0.456 e. The zero-order chi connectivity index (χ0) is 18.4. The SMILES string of the molecule is Cc1ccc(NC(=O)COC(=O)CCc2nc(-c3ccsc3)no2)cc1. The van der Waals surface area contributed by atoms with E-state index in [9.17, 15) is 9.59 Å². The summed E-state index contributed by atoms with van der Waals surface area (Å²) in [5.41, 5.74) is 2.63. The zero-order valence-electron chi connectivity index (χ0n) is 14.1. The van der Waals surface area contributed by atoms with Crippen LogP contribution in [0.2, 0.25) is 0 Å². The highest BCUT2D eigenvalue weighted by molar-refractivity contribution is 7.08. The molecule has 1 N–H and O–H groups in total. The second-order valence-electron chi connectivity index (χ2n) is 5.60. The number of hydrogen-bond donors (Lipinski definition) is 1. The molecule has 0 aliphatic rings. The fourth-order valence-electron chi connectivity index (χ4n) is 2.13. The predicted molar refractivity (Wildman–Crippen MR) is 96.7 cm³/mol. The topological polar surface area (TPSA) is 94.3 Å². The molecule has 0 unspecified atom stereocenters. The maximum atomic E-state index is 11.8. The minimum atomic E-state index is -0.501. The molecule has 0 saturated carbocycles. The Morgan fingerprint density at radius 1 is 1.23 bits per heavy atom. The molecule has 0 atom stereocenters. The number of carbonyl (C=O) groups excluding carboxylic acids is 2. The van der Waals surface area contributed by atoms with Gasteiger partial charge in [0, 0.05) is 23.1 Å². The molecule has 0 aliphatic carbocycles. The first-order chi connectivity index (χ1) is 12.6. The first-order valence-electron chi connectivity index (χ1n) is 7.97. The average molecular weight is 371 g/mol. The highest BCUT2D eigenvalue weighted by Crippen LogP contribution is 2.19. The Morgan fingerprint density at radius 2 is 2.04 bits per heavy atom. The van der Waals surface area contributed by atoms with Crippen molar-refractivity contribution in [2.45, 2.75) is 19.8 Å². The van der Waals surface area contributed by atoms with Crippen molar-refractivity contribution in [2.24, 2.45) is 0 Å². The molecule has 1 aromatic carbocycles. The Kier molecular flexibility index (Phi) is 5.75. The summed E-state index contributed by atoms with van der Waals surface area (Å²) in [5.74, 6) is -0.0431. The van der Waals surface area contributed by atoms with Gasteiger partial charge >= 0.3 is 5.97 Å². The van der Waals surface area contributed by atoms with Gasteiger partial charge in [-0.05, 0) is 30.5 Å². The molecule has 2 aromatic heterocycles. The van der Waals surface area contributed by atoms with Crippen molar-refractivity contribution in [3.63, 3.8) is 0 Å². The van der Waals surface area contributed by atoms with Crippen LogP contribution in [0.5, 0.6) is 0 Å². The molecule has 7 nitrogen and oxygen atoms in total. The van der Waals surface area contributed by atoms with E-state index in [0.717, 1.165) is 11.1 Å². The minimum absolute atomic E-state index is 0.0586. The minimum Gasteiger partial charge on any atom is -0.456 e. The van der Waals surface area contributed by atoms with Gasteiger partial charge in [0.15, 0.2) is 6.61 Å². The van der Waals surface area contributed by atoms with Gasteiger partial charge in [-0.25, -0.2) is 0 Å². The van der Waals surface area contributed by atoms with Crippen LogP contribution in [-0.2, 0) is 20.7 Å². The Morgan fingerprint density at radius 3 is 2.77 bits per heavy atom. The number of aryl methyl sites for hydroxylation is 2. The first kappa shape index (κ1) is 17.8. The summed E-state index contributed by atoms with van der Waals surface area (Å²) in [5, 5.41) is 10.4. The molecule has 0 fully saturated rings. The molecular formula is C18H17N3O4S. The van der Waals surface area contributed by atoms with Crippen molar-refractivity contribution in [2.75, 3.05) is 11.9 Å². The number of hydrogen-bond acceptors (Lipinski definition) is 7. The van der Waals surface area contributed by atoms with Crippen LogP contribution in [0.3, 0.4) is 0 Å². The van der Waals surface area contributed by atoms with Gasteiger partial charge in [0.05, 0.1) is 6.42 Å². The summed E-state index contributed by atoms with van der Waals surface area (Å²) in [7, 11) is 0. The highest BCUT2D eigenvalue weighted by atomic mass is 32.1. The molecular weight excluding hydrogens is 354 g/mol. The number of aromatic nitrogens is 2. The van der Waals surface area contributed by atoms with Crippen molar-refractivity contribution < 1.29 is 18.8 Å². The lowest BCUT2D eigenvalue weighted by Crippen LogP contribution is -2.21. The van der Waals surface area contributed by atoms with Crippen LogP contribution in [0.15, 0.2) is 45.6 Å². The standard InChI is InChI=1S/C18H17N3O4S/c1-12-2-4-14(5-3-12)19-15(22)10-24-17(23)7-6-16-20-18(21-25-16)13-8-9-26-11-13/h2-5,8-9,11H,6-7,10H2,1H3,(H,19,22). The van der Waals surface area contributed by atoms with E-state index in [1.807, 2.05) is 35.9 Å². The number of ether oxygens (including phenoxy) is 1. The van der Waals surface area contributed by atoms with E-state index in [-0.39, 0.29) is 25.4 Å². The summed E-state index contributed by atoms with van der Waals surface area (Å²) in [6.45, 7) is 1.62. The predicted octanol–water partition coefficient (Wildman–Crippen LogP) is 3.22. The molecule has 134 valence electrons. The fraction of sp³-hybridized carbons (Fsp3) is 0.222. The normalized spacial score (nSPS) is 10.5. The van der Waals surface area contributed by atoms with Gasteiger partial charge in [0.2, 0.25) is 11.7 Å². The van der Waals surface area contributed by atoms with E-state index in [1.54, 1.807) is 12.1 Å². The van der Waals surface area contributed by atoms with Crippen LogP contribution in [0.25, 0.3) is 11.4 Å². The molecule has 0 radical (unpaired) electrons. The quantitative estimate of drug-likeness (QED) is 0.641. The number of nitrogens with zero attached hydrogens (tertiary/aromatic N) is 2. The molecule has 0 saturated heterocycles. The maximum Gasteiger partial charge on any atom is 0.306 e. The second-order valence-corrected chi connectivity index (χ2v) is 6.38. The third kappa shape index (κ3) is 5.00. The molecule has 3 aromatic rings. The summed E-state index contributed by atoms with van der Waals surface area (Å²) >= 11 is 1.54. The summed E-state index contributed by atoms with van der Waals surface area (Å²) in [6.07, 6.45) is 0.318. The van der Waals surface area contributed by atoms with Crippen molar-refractivity contribution in [1.29, 1.82) is 0 Å². The number of benzene rings is 1. The zero-order valence-corrected chi connectivity index (χ0v) is 14.9. The van der Waals surface area contributed by atoms with Gasteiger partial charge in [0.25, 0.3) is 5.91 Å². The van der Waals surface area contributed by atoms with Crippen molar-refractivity contribution >= 4 is 28.9 Å². The third-order valence-corrected chi connectivity index (χ3v) is 4.17. The summed E-state index contributed by atoms with van der Waals surface area (Å²) < 4.78 is 10.1. The molecule has 0 bridgehead atoms. The monoisotopic (exact) mass is 371 g/mol. The molecule has 1 amide bonds. The number of nitrogens with one attached hydrogen (secondary N) is 1. The molecule has 26 heavy (non-hydrogen) atoms. The van der Waals surface area contributed by atoms with Crippen LogP contribution in [-0.4, -0.2) is 28.6 Å². The van der Waals surface area contributed by atoms with Gasteiger partial charge in [-0.2, -0.15) is 16.3 Å². The third-order valence-electron chi connectivity index (χ3n) is 3.49. The van der Waals surface area contributed by atoms with Crippen molar-refractivity contribution in [3.8, 4) is 11.4 Å². The highest BCUT2D eigenvalue weighted by Gasteiger charge is 2.13. The second kappa shape index (κ2) is 8.39. The Labute approximate surface area is 154 Å². The van der Waals surface area contributed by atoms with E-state index < -0.39 is 5.97 Å². The molecule has 8 heteroatoms. The van der Waals surface area contributed by atoms with Gasteiger partial charge in [-0.15, -0.1) is 0 Å². The summed E-state index contributed by atoms with van der Waals surface area (Å²) in [6, 6.07) is 9.23. The van der Waals surface area contributed by atoms with E-state index in [2.05, 4.69) is 15.5 Å². The van der Waals surface area contributed by atoms with Crippen LogP contribution in [0, 0.1) is 6.92 Å². The molecule has 3 rings (SSSR count). The number of esters is 1. The van der Waals surface area contributed by atoms with Gasteiger partial charge < -0.3 is 14.6 Å². The smallest absolute Gasteiger partial charge is 0.306 e. The number of rotatable bonds is 7. The van der Waals surface area contributed by atoms with Gasteiger partial charge in [-0.3, -0.25) is 9.59 Å². The van der Waals surface area contributed by atoms with Crippen LogP contribution in [0.4, 0.5) is 5.69 Å². The van der Waals surface area contributed by atoms with Crippen LogP contribution < -0.4 is 5.32 Å². The molecule has 2 heterocycles. The van der Waals surface area contributed by atoms with E-state index in [1.165, 1.54) is 11.3 Å². The fourth-order valence-corrected chi connectivity index (χ4v) is 2.76. The number of thiophene rings is 1. The lowest BCUT2D eigenvalue weighted by molar-refractivity contribution is -0.147. The van der Waals surface area contributed by atoms with E-state index in [4.69, 9.17) is 9.26 Å². The maximum absolute atomic E-state index is 11.8. The first-order valence-corrected chi connectivity index (χ1v) is 8.92. The van der Waals surface area contributed by atoms with Gasteiger partial charge in [0.1, 0.15) is 0 Å². The van der Waals surface area contributed by atoms with Crippen molar-refractivity contribution in [1.82, 2.24) is 10.1 Å². The molecule has 0 spiro atoms. The van der Waals surface area contributed by atoms with Crippen LogP contribution in [0.1, 0.15) is 17.9 Å². The molecule has 0 aliphatic heterocycles. The van der Waals surface area contributed by atoms with Crippen LogP contribution >= 0.6 is 11.3 Å². The Bertz CT molecular complexity index is 872. The Hall–Kier alpha value is -3.00. The van der Waals surface area contributed by atoms with E-state index in [0.29, 0.717) is 17.4 Å². The Balaban J connectivity index is 1.40. The average Bonchev–Trinajstić information content (AvgIpc) is 3.31. The number of anilines is 1. The lowest BCUT2D eigenvalue weighted by Gasteiger charge is -2.06.